The highest BCUT2D eigenvalue weighted by molar-refractivity contribution is 6.30. The molecular formula is C23H30ClFN4O3. The minimum Gasteiger partial charge on any atom is -0.396 e. The van der Waals surface area contributed by atoms with Gasteiger partial charge in [-0.3, -0.25) is 0 Å². The number of nitrogens with zero attached hydrogens (tertiary/aromatic N) is 3. The van der Waals surface area contributed by atoms with Crippen LogP contribution in [-0.4, -0.2) is 51.9 Å². The molecule has 1 aromatic heterocycles. The molecule has 174 valence electrons. The number of hydrogen-bond acceptors (Lipinski definition) is 5. The third-order valence-corrected chi connectivity index (χ3v) is 5.66. The highest BCUT2D eigenvalue weighted by Crippen LogP contribution is 2.23. The number of carbonyl (C=O) groups is 1. The molecule has 7 nitrogen and oxygen atoms in total. The molecule has 2 heterocycles. The van der Waals surface area contributed by atoms with Gasteiger partial charge in [0.1, 0.15) is 11.6 Å². The number of ether oxygens (including phenoxy) is 1. The number of carbonyl (C=O) groups excluding carboxylic acids is 1. The highest BCUT2D eigenvalue weighted by Gasteiger charge is 2.25. The van der Waals surface area contributed by atoms with Crippen LogP contribution >= 0.6 is 11.6 Å². The average Bonchev–Trinajstić information content (AvgIpc) is 2.77. The lowest BCUT2D eigenvalue weighted by Gasteiger charge is -2.30. The summed E-state index contributed by atoms with van der Waals surface area (Å²) in [7, 11) is 0. The summed E-state index contributed by atoms with van der Waals surface area (Å²) in [5, 5.41) is 12.3. The van der Waals surface area contributed by atoms with Crippen LogP contribution < -0.4 is 5.32 Å². The van der Waals surface area contributed by atoms with Gasteiger partial charge in [-0.15, -0.1) is 0 Å². The molecule has 1 aliphatic heterocycles. The second-order valence-corrected chi connectivity index (χ2v) is 8.89. The van der Waals surface area contributed by atoms with Crippen molar-refractivity contribution in [2.45, 2.75) is 52.3 Å². The van der Waals surface area contributed by atoms with Crippen LogP contribution in [0.1, 0.15) is 49.5 Å². The number of benzene rings is 1. The molecule has 1 aliphatic rings. The van der Waals surface area contributed by atoms with Crippen molar-refractivity contribution in [1.82, 2.24) is 20.2 Å². The van der Waals surface area contributed by atoms with Crippen LogP contribution in [0.2, 0.25) is 5.02 Å². The second kappa shape index (κ2) is 11.0. The summed E-state index contributed by atoms with van der Waals surface area (Å²) in [6.45, 7) is 6.97. The number of fused-ring (bicyclic) bond motifs is 1. The number of halogens is 2. The second-order valence-electron chi connectivity index (χ2n) is 8.48. The van der Waals surface area contributed by atoms with Gasteiger partial charge in [0, 0.05) is 25.8 Å². The van der Waals surface area contributed by atoms with E-state index in [1.165, 1.54) is 12.1 Å². The maximum Gasteiger partial charge on any atom is 0.318 e. The van der Waals surface area contributed by atoms with Crippen molar-refractivity contribution in [3.63, 3.8) is 0 Å². The molecule has 0 unspecified atom stereocenters. The Balaban J connectivity index is 1.72. The van der Waals surface area contributed by atoms with Gasteiger partial charge in [0.05, 0.1) is 36.0 Å². The maximum absolute atomic E-state index is 13.6. The molecule has 0 bridgehead atoms. The van der Waals surface area contributed by atoms with Crippen molar-refractivity contribution in [2.75, 3.05) is 19.8 Å². The number of aliphatic hydroxyl groups excluding tert-OH is 1. The molecule has 2 amide bonds. The first-order valence-electron chi connectivity index (χ1n) is 10.8. The molecule has 2 aromatic rings. The van der Waals surface area contributed by atoms with E-state index in [0.29, 0.717) is 37.3 Å². The third-order valence-electron chi connectivity index (χ3n) is 5.37. The smallest absolute Gasteiger partial charge is 0.318 e. The number of rotatable bonds is 8. The quantitative estimate of drug-likeness (QED) is 0.622. The van der Waals surface area contributed by atoms with Gasteiger partial charge in [-0.1, -0.05) is 24.6 Å². The summed E-state index contributed by atoms with van der Waals surface area (Å²) in [4.78, 5) is 23.8. The first-order chi connectivity index (χ1) is 15.3. The van der Waals surface area contributed by atoms with E-state index in [2.05, 4.69) is 15.3 Å². The molecule has 0 spiro atoms. The van der Waals surface area contributed by atoms with Crippen LogP contribution in [0, 0.1) is 11.7 Å². The topological polar surface area (TPSA) is 87.6 Å². The van der Waals surface area contributed by atoms with Crippen LogP contribution in [0.4, 0.5) is 9.18 Å². The van der Waals surface area contributed by atoms with E-state index in [1.54, 1.807) is 11.0 Å². The van der Waals surface area contributed by atoms with Gasteiger partial charge < -0.3 is 20.1 Å². The number of aliphatic hydroxyl groups is 1. The summed E-state index contributed by atoms with van der Waals surface area (Å²) in [6.07, 6.45) is 3.03. The van der Waals surface area contributed by atoms with E-state index >= 15 is 0 Å². The molecular weight excluding hydrogens is 435 g/mol. The normalized spacial score (nSPS) is 15.4. The standard InChI is InChI=1S/C23H30ClFN4O3/c1-14(2)32-13-21(16-4-5-19(25)18(24)9-16)28-23(31)29-7-6-17-10-26-22(8-15(3)12-30)27-20(17)11-29/h4-5,9-10,14-15,21,30H,6-8,11-13H2,1-3H3,(H,28,31)/t15-,21-/m1/s1. The SMILES string of the molecule is CC(C)OC[C@@H](NC(=O)N1CCc2cnc(C[C@@H](C)CO)nc2C1)c1ccc(F)c(Cl)c1. The maximum atomic E-state index is 13.6. The van der Waals surface area contributed by atoms with E-state index < -0.39 is 11.9 Å². The van der Waals surface area contributed by atoms with Crippen molar-refractivity contribution in [3.05, 3.63) is 57.9 Å². The van der Waals surface area contributed by atoms with Crippen molar-refractivity contribution in [2.24, 2.45) is 5.92 Å². The van der Waals surface area contributed by atoms with Gasteiger partial charge >= 0.3 is 6.03 Å². The van der Waals surface area contributed by atoms with E-state index in [0.717, 1.165) is 11.3 Å². The fraction of sp³-hybridized carbons (Fsp3) is 0.522. The zero-order valence-electron chi connectivity index (χ0n) is 18.6. The van der Waals surface area contributed by atoms with Crippen LogP contribution in [0.3, 0.4) is 0 Å². The van der Waals surface area contributed by atoms with Gasteiger partial charge in [-0.05, 0) is 49.4 Å². The number of amides is 2. The van der Waals surface area contributed by atoms with E-state index in [4.69, 9.17) is 16.3 Å². The Morgan fingerprint density at radius 1 is 1.38 bits per heavy atom. The predicted octanol–water partition coefficient (Wildman–Crippen LogP) is 3.67. The minimum absolute atomic E-state index is 0.000433. The van der Waals surface area contributed by atoms with Gasteiger partial charge in [0.15, 0.2) is 0 Å². The van der Waals surface area contributed by atoms with Crippen LogP contribution in [-0.2, 0) is 24.1 Å². The number of hydrogen-bond donors (Lipinski definition) is 2. The Hall–Kier alpha value is -2.29. The molecule has 2 atom stereocenters. The molecule has 0 aliphatic carbocycles. The lowest BCUT2D eigenvalue weighted by atomic mass is 10.1. The van der Waals surface area contributed by atoms with Gasteiger partial charge in [0.25, 0.3) is 0 Å². The lowest BCUT2D eigenvalue weighted by molar-refractivity contribution is 0.0611. The fourth-order valence-corrected chi connectivity index (χ4v) is 3.66. The monoisotopic (exact) mass is 464 g/mol. The largest absolute Gasteiger partial charge is 0.396 e. The fourth-order valence-electron chi connectivity index (χ4n) is 3.47. The van der Waals surface area contributed by atoms with Gasteiger partial charge in [-0.25, -0.2) is 19.2 Å². The number of aromatic nitrogens is 2. The Labute approximate surface area is 193 Å². The van der Waals surface area contributed by atoms with Crippen molar-refractivity contribution in [1.29, 1.82) is 0 Å². The van der Waals surface area contributed by atoms with E-state index in [-0.39, 0.29) is 36.3 Å². The molecule has 3 rings (SSSR count). The third kappa shape index (κ3) is 6.37. The average molecular weight is 465 g/mol. The van der Waals surface area contributed by atoms with E-state index in [9.17, 15) is 14.3 Å². The first-order valence-corrected chi connectivity index (χ1v) is 11.2. The molecule has 0 saturated heterocycles. The number of nitrogens with one attached hydrogen (secondary N) is 1. The predicted molar refractivity (Wildman–Crippen MR) is 120 cm³/mol. The zero-order chi connectivity index (χ0) is 23.3. The molecule has 0 saturated carbocycles. The van der Waals surface area contributed by atoms with Crippen LogP contribution in [0.25, 0.3) is 0 Å². The molecule has 1 aromatic carbocycles. The summed E-state index contributed by atoms with van der Waals surface area (Å²) < 4.78 is 19.3. The number of urea groups is 1. The molecule has 2 N–H and O–H groups in total. The summed E-state index contributed by atoms with van der Waals surface area (Å²) in [5.74, 6) is 0.223. The Kier molecular flexibility index (Phi) is 8.39. The lowest BCUT2D eigenvalue weighted by Crippen LogP contribution is -2.45. The minimum atomic E-state index is -0.510. The Bertz CT molecular complexity index is 943. The zero-order valence-corrected chi connectivity index (χ0v) is 19.4. The van der Waals surface area contributed by atoms with Crippen molar-refractivity contribution < 1.29 is 19.0 Å². The highest BCUT2D eigenvalue weighted by atomic mass is 35.5. The summed E-state index contributed by atoms with van der Waals surface area (Å²) in [5.41, 5.74) is 2.52. The molecule has 0 radical (unpaired) electrons. The first kappa shape index (κ1) is 24.4. The Morgan fingerprint density at radius 3 is 2.84 bits per heavy atom. The van der Waals surface area contributed by atoms with Gasteiger partial charge in [-0.2, -0.15) is 0 Å². The molecule has 0 fully saturated rings. The Morgan fingerprint density at radius 2 is 2.16 bits per heavy atom. The molecule has 32 heavy (non-hydrogen) atoms. The van der Waals surface area contributed by atoms with E-state index in [1.807, 2.05) is 27.0 Å². The summed E-state index contributed by atoms with van der Waals surface area (Å²) in [6, 6.07) is 3.67. The van der Waals surface area contributed by atoms with Crippen LogP contribution in [0.5, 0.6) is 0 Å². The van der Waals surface area contributed by atoms with Crippen molar-refractivity contribution in [3.8, 4) is 0 Å². The summed E-state index contributed by atoms with van der Waals surface area (Å²) >= 11 is 5.95. The molecule has 9 heteroatoms. The van der Waals surface area contributed by atoms with Gasteiger partial charge in [0.2, 0.25) is 0 Å². The van der Waals surface area contributed by atoms with Crippen molar-refractivity contribution >= 4 is 17.6 Å². The van der Waals surface area contributed by atoms with Crippen LogP contribution in [0.15, 0.2) is 24.4 Å².